The Balaban J connectivity index is -0.0000000762. The van der Waals surface area contributed by atoms with Crippen LogP contribution in [0.2, 0.25) is 0 Å². The third-order valence-corrected chi connectivity index (χ3v) is 18.9. The van der Waals surface area contributed by atoms with Crippen molar-refractivity contribution in [3.63, 3.8) is 0 Å². The van der Waals surface area contributed by atoms with Gasteiger partial charge in [0.05, 0.1) is 45.9 Å². The van der Waals surface area contributed by atoms with Crippen LogP contribution >= 0.6 is 47.8 Å². The predicted molar refractivity (Wildman–Crippen MR) is 458 cm³/mol. The standard InChI is InChI=1S/C26H40Br2O4.C26H40O4.C13H12BrF13O2.C7H9F3O2.13CH4.2Y/c1-7-22(23-11-9-8-10-12-23)16-26(6,13-14-31-24(29)20(4)27)15-18(2)19(3)17-32-25(30)21(5)28;1-7-22(23-13-11-10-12-14-23)18-26(6,15-16-29-24(27)8-2)17-20(4)21(5)19-30-25(28)9-3;1-3-7(2,14)6(28)29-5-4-8(15,16)9(17,18)10(19,20)11(21,22)12(23,24)13(25,26)27;1-5(2)6(11)12-4-3-7(8,9)10;;;;;;;;;;;;;;;/h8-12,18-22H,7,13-17H2,1-6H3;8-14,20-22H,7,15-19H2,1-6H3;3-5H2,1-2H3;1,3-4H2,2H3;13*1H4;;/q;-2;;;;;;;;;;;;;;;;;. The van der Waals surface area contributed by atoms with Crippen LogP contribution in [0.4, 0.5) is 70.2 Å². The van der Waals surface area contributed by atoms with Crippen molar-refractivity contribution >= 4 is 83.6 Å². The molecule has 2 radical (unpaired) electrons. The quantitative estimate of drug-likeness (QED) is 0.0156. The van der Waals surface area contributed by atoms with Crippen molar-refractivity contribution in [2.24, 2.45) is 34.5 Å². The van der Waals surface area contributed by atoms with Crippen molar-refractivity contribution in [2.75, 3.05) is 39.6 Å². The van der Waals surface area contributed by atoms with Gasteiger partial charge in [-0.05, 0) is 143 Å². The molecule has 0 fully saturated rings. The van der Waals surface area contributed by atoms with Crippen LogP contribution in [0.1, 0.15) is 294 Å². The third-order valence-electron chi connectivity index (χ3n) is 17.3. The number of rotatable bonds is 40. The number of hydrogen-bond donors (Lipinski definition) is 0. The summed E-state index contributed by atoms with van der Waals surface area (Å²) in [5, 5.41) is 0. The summed E-state index contributed by atoms with van der Waals surface area (Å²) in [4.78, 5) is 68.2. The fourth-order valence-corrected chi connectivity index (χ4v) is 10.4. The van der Waals surface area contributed by atoms with Gasteiger partial charge in [-0.25, -0.2) is 4.79 Å². The Morgan fingerprint density at radius 3 is 1.05 bits per heavy atom. The Morgan fingerprint density at radius 2 is 0.737 bits per heavy atom. The molecule has 12 nitrogen and oxygen atoms in total. The van der Waals surface area contributed by atoms with Crippen molar-refractivity contribution in [3.05, 3.63) is 96.8 Å². The Labute approximate surface area is 779 Å². The molecule has 33 heteroatoms. The largest absolute Gasteiger partial charge is 0.488 e. The molecule has 2 aromatic carbocycles. The van der Waals surface area contributed by atoms with E-state index in [1.54, 1.807) is 27.7 Å². The maximum Gasteiger partial charge on any atom is 0.460 e. The van der Waals surface area contributed by atoms with Crippen molar-refractivity contribution in [2.45, 2.75) is 339 Å². The first-order valence-corrected chi connectivity index (χ1v) is 36.0. The van der Waals surface area contributed by atoms with Crippen LogP contribution in [0.15, 0.2) is 72.8 Å². The van der Waals surface area contributed by atoms with E-state index < -0.39 is 84.3 Å². The van der Waals surface area contributed by atoms with Crippen molar-refractivity contribution in [1.29, 1.82) is 0 Å². The summed E-state index contributed by atoms with van der Waals surface area (Å²) in [5.41, 5.74) is 2.81. The molecule has 2 aromatic rings. The molecule has 0 aliphatic heterocycles. The average Bonchev–Trinajstić information content (AvgIpc) is 0.711. The van der Waals surface area contributed by atoms with Crippen LogP contribution in [0.3, 0.4) is 0 Å². The number of carbonyl (C=O) groups excluding carboxylic acids is 6. The molecule has 118 heavy (non-hydrogen) atoms. The molecule has 0 saturated heterocycles. The maximum absolute atomic E-state index is 13.4. The van der Waals surface area contributed by atoms with Gasteiger partial charge in [-0.1, -0.05) is 274 Å². The average molecular weight is 2090 g/mol. The van der Waals surface area contributed by atoms with Gasteiger partial charge in [0.25, 0.3) is 0 Å². The summed E-state index contributed by atoms with van der Waals surface area (Å²) in [6, 6.07) is 21.3. The Hall–Kier alpha value is -2.73. The molecule has 0 aliphatic rings. The minimum atomic E-state index is -7.95. The van der Waals surface area contributed by atoms with Crippen molar-refractivity contribution < 1.29 is 193 Å². The smallest absolute Gasteiger partial charge is 0.460 e. The van der Waals surface area contributed by atoms with E-state index in [-0.39, 0.29) is 230 Å². The number of halogens is 19. The molecule has 0 aromatic heterocycles. The van der Waals surface area contributed by atoms with Gasteiger partial charge in [0, 0.05) is 71.0 Å². The molecular weight excluding hydrogens is 1930 g/mol. The van der Waals surface area contributed by atoms with E-state index in [9.17, 15) is 99.0 Å². The molecule has 0 aliphatic carbocycles. The molecule has 11 unspecified atom stereocenters. The first-order chi connectivity index (χ1) is 47.0. The fourth-order valence-electron chi connectivity index (χ4n) is 10.0. The zero-order valence-corrected chi connectivity index (χ0v) is 72.4. The van der Waals surface area contributed by atoms with Gasteiger partial charge >= 0.3 is 65.8 Å². The normalized spacial score (nSPS) is 14.3. The van der Waals surface area contributed by atoms with E-state index >= 15 is 0 Å². The molecule has 0 N–H and O–H groups in total. The van der Waals surface area contributed by atoms with Gasteiger partial charge in [-0.2, -0.15) is 84.1 Å². The van der Waals surface area contributed by atoms with E-state index in [1.807, 2.05) is 0 Å². The summed E-state index contributed by atoms with van der Waals surface area (Å²) in [5.74, 6) is -38.2. The van der Waals surface area contributed by atoms with Crippen LogP contribution in [-0.2, 0) is 123 Å². The number of carbonyl (C=O) groups is 6. The molecule has 706 valence electrons. The van der Waals surface area contributed by atoms with Gasteiger partial charge in [-0.3, -0.25) is 36.8 Å². The molecule has 0 saturated carbocycles. The summed E-state index contributed by atoms with van der Waals surface area (Å²) in [6.07, 6.45) is -4.82. The van der Waals surface area contributed by atoms with Crippen LogP contribution in [0, 0.1) is 47.3 Å². The molecule has 0 heterocycles. The van der Waals surface area contributed by atoms with E-state index in [1.165, 1.54) is 37.8 Å². The van der Waals surface area contributed by atoms with Gasteiger partial charge in [0.2, 0.25) is 0 Å². The molecule has 0 spiro atoms. The summed E-state index contributed by atoms with van der Waals surface area (Å²) in [7, 11) is 0. The fraction of sp³-hybridized carbons (Fsp3) is 0.741. The van der Waals surface area contributed by atoms with E-state index in [4.69, 9.17) is 18.9 Å². The number of ether oxygens (including phenoxy) is 6. The van der Waals surface area contributed by atoms with Gasteiger partial charge in [0.1, 0.15) is 20.6 Å². The summed E-state index contributed by atoms with van der Waals surface area (Å²) >= 11 is 9.29. The first-order valence-electron chi connectivity index (χ1n) is 33.3. The van der Waals surface area contributed by atoms with Crippen LogP contribution in [0.5, 0.6) is 0 Å². The summed E-state index contributed by atoms with van der Waals surface area (Å²) in [6.45, 7) is 31.1. The summed E-state index contributed by atoms with van der Waals surface area (Å²) < 4.78 is 230. The van der Waals surface area contributed by atoms with Gasteiger partial charge < -0.3 is 28.4 Å². The maximum atomic E-state index is 13.4. The molecule has 11 atom stereocenters. The number of benzene rings is 2. The molecule has 2 rings (SSSR count). The molecule has 0 bridgehead atoms. The van der Waals surface area contributed by atoms with Crippen molar-refractivity contribution in [1.82, 2.24) is 0 Å². The minimum Gasteiger partial charge on any atom is -0.488 e. The molecular formula is C85H153Br3F16O12Y2-2. The Bertz CT molecular complexity index is 2870. The van der Waals surface area contributed by atoms with Gasteiger partial charge in [-0.15, -0.1) is 0 Å². The second kappa shape index (κ2) is 71.4. The van der Waals surface area contributed by atoms with Crippen LogP contribution in [-0.4, -0.2) is 131 Å². The van der Waals surface area contributed by atoms with Crippen LogP contribution < -0.4 is 0 Å². The monoisotopic (exact) mass is 2080 g/mol. The number of alkyl halides is 19. The Kier molecular flexibility index (Phi) is 94.3. The van der Waals surface area contributed by atoms with E-state index in [0.29, 0.717) is 50.1 Å². The van der Waals surface area contributed by atoms with Crippen LogP contribution in [0.25, 0.3) is 0 Å². The number of esters is 6. The second-order valence-corrected chi connectivity index (χ2v) is 31.0. The predicted octanol–water partition coefficient (Wildman–Crippen LogP) is 30.0. The Morgan fingerprint density at radius 1 is 0.424 bits per heavy atom. The van der Waals surface area contributed by atoms with E-state index in [2.05, 4.69) is 180 Å². The van der Waals surface area contributed by atoms with E-state index in [0.717, 1.165) is 58.3 Å². The van der Waals surface area contributed by atoms with Crippen molar-refractivity contribution in [3.8, 4) is 0 Å². The number of hydrogen-bond acceptors (Lipinski definition) is 12. The van der Waals surface area contributed by atoms with Gasteiger partial charge in [0.15, 0.2) is 11.9 Å². The SMILES string of the molecule is C.C.C.C.C.C.C.C.C.C.C.C.C.C=C(C)C(=O)OCCC(F)(F)F.CCC(C)(Br)C(=O)OCCC(F)(F)C(F)(F)C(F)(F)C(F)(F)C(F)(F)C(F)(F)F.CCC(CC(C)(CCOC(=O)C(C)Br)CC(C)C(C)COC(=O)C(C)Br)c1ccccc1.C[CH-]C(=O)OCCC(C)(CC(CC)c1ccccc1)CC(C)C(C)COC(=O)[CH-]C.[Y].[Y]. The first kappa shape index (κ1) is 156. The molecule has 0 amide bonds. The minimum absolute atomic E-state index is 0. The second-order valence-electron chi connectivity index (χ2n) is 26.5. The third kappa shape index (κ3) is 54.9. The topological polar surface area (TPSA) is 158 Å². The zero-order chi connectivity index (χ0) is 80.6. The zero-order valence-electron chi connectivity index (χ0n) is 62.0.